The van der Waals surface area contributed by atoms with Crippen molar-refractivity contribution in [1.29, 1.82) is 0 Å². The van der Waals surface area contributed by atoms with Crippen molar-refractivity contribution in [2.24, 2.45) is 5.92 Å². The zero-order chi connectivity index (χ0) is 25.8. The number of carboxylic acids is 1. The van der Waals surface area contributed by atoms with E-state index < -0.39 is 41.1 Å². The molecule has 1 amide bonds. The van der Waals surface area contributed by atoms with Crippen LogP contribution in [0.25, 0.3) is 10.9 Å². The van der Waals surface area contributed by atoms with Crippen molar-refractivity contribution >= 4 is 28.5 Å². The fourth-order valence-corrected chi connectivity index (χ4v) is 3.72. The number of carbonyl (C=O) groups is 2. The number of carbonyl (C=O) groups excluding carboxylic acids is 1. The summed E-state index contributed by atoms with van der Waals surface area (Å²) in [4.78, 5) is 36.7. The van der Waals surface area contributed by atoms with Gasteiger partial charge in [-0.25, -0.2) is 13.5 Å². The lowest BCUT2D eigenvalue weighted by Crippen LogP contribution is -2.29. The van der Waals surface area contributed by atoms with Crippen molar-refractivity contribution in [2.45, 2.75) is 19.1 Å². The molecule has 0 saturated heterocycles. The summed E-state index contributed by atoms with van der Waals surface area (Å²) in [5.74, 6) is -5.16. The highest BCUT2D eigenvalue weighted by atomic mass is 19.1. The SMILES string of the molecule is O=C(Nc1ccc([C@@H](O)[C@H](CCn2nnc3ccccc3c2=O)C(=O)O)cc1)c1ccc(F)cc1F. The minimum Gasteiger partial charge on any atom is -0.481 e. The van der Waals surface area contributed by atoms with E-state index in [4.69, 9.17) is 0 Å². The van der Waals surface area contributed by atoms with E-state index in [9.17, 15) is 33.4 Å². The van der Waals surface area contributed by atoms with Gasteiger partial charge in [-0.1, -0.05) is 29.5 Å². The molecular formula is C25H20F2N4O5. The van der Waals surface area contributed by atoms with Crippen molar-refractivity contribution in [2.75, 3.05) is 5.32 Å². The van der Waals surface area contributed by atoms with Gasteiger partial charge in [0, 0.05) is 18.3 Å². The Labute approximate surface area is 202 Å². The molecule has 184 valence electrons. The Morgan fingerprint density at radius 3 is 2.44 bits per heavy atom. The molecule has 1 aromatic heterocycles. The van der Waals surface area contributed by atoms with Gasteiger partial charge in [0.25, 0.3) is 11.5 Å². The molecule has 9 nitrogen and oxygen atoms in total. The fraction of sp³-hybridized carbons (Fsp3) is 0.160. The number of hydrogen-bond donors (Lipinski definition) is 3. The molecular weight excluding hydrogens is 474 g/mol. The summed E-state index contributed by atoms with van der Waals surface area (Å²) < 4.78 is 27.9. The number of aliphatic hydroxyl groups is 1. The molecule has 4 aromatic rings. The molecule has 3 N–H and O–H groups in total. The van der Waals surface area contributed by atoms with E-state index in [1.165, 1.54) is 24.3 Å². The van der Waals surface area contributed by atoms with Crippen LogP contribution in [0.15, 0.2) is 71.5 Å². The molecule has 0 aliphatic heterocycles. The number of rotatable bonds is 8. The molecule has 11 heteroatoms. The Morgan fingerprint density at radius 1 is 1.03 bits per heavy atom. The summed E-state index contributed by atoms with van der Waals surface area (Å²) >= 11 is 0. The number of benzene rings is 3. The second-order valence-electron chi connectivity index (χ2n) is 8.01. The third kappa shape index (κ3) is 5.26. The van der Waals surface area contributed by atoms with Gasteiger partial charge < -0.3 is 15.5 Å². The first-order chi connectivity index (χ1) is 17.2. The Hall–Kier alpha value is -4.51. The van der Waals surface area contributed by atoms with Gasteiger partial charge in [0.05, 0.1) is 23.0 Å². The number of amides is 1. The third-order valence-electron chi connectivity index (χ3n) is 5.67. The molecule has 36 heavy (non-hydrogen) atoms. The molecule has 1 heterocycles. The number of aromatic nitrogens is 3. The van der Waals surface area contributed by atoms with Crippen molar-refractivity contribution in [3.8, 4) is 0 Å². The summed E-state index contributed by atoms with van der Waals surface area (Å²) in [6.07, 6.45) is -1.53. The molecule has 3 aromatic carbocycles. The van der Waals surface area contributed by atoms with Gasteiger partial charge >= 0.3 is 5.97 Å². The van der Waals surface area contributed by atoms with Crippen LogP contribution in [-0.2, 0) is 11.3 Å². The van der Waals surface area contributed by atoms with Crippen LogP contribution in [0, 0.1) is 17.6 Å². The third-order valence-corrected chi connectivity index (χ3v) is 5.67. The Kier molecular flexibility index (Phi) is 7.11. The molecule has 0 bridgehead atoms. The van der Waals surface area contributed by atoms with Gasteiger partial charge in [-0.3, -0.25) is 14.4 Å². The van der Waals surface area contributed by atoms with Crippen LogP contribution < -0.4 is 10.9 Å². The van der Waals surface area contributed by atoms with E-state index in [-0.39, 0.29) is 29.8 Å². The number of aliphatic carboxylic acids is 1. The summed E-state index contributed by atoms with van der Waals surface area (Å²) in [5, 5.41) is 31.0. The molecule has 0 spiro atoms. The number of hydrogen-bond acceptors (Lipinski definition) is 6. The summed E-state index contributed by atoms with van der Waals surface area (Å²) in [7, 11) is 0. The van der Waals surface area contributed by atoms with Crippen molar-refractivity contribution in [3.63, 3.8) is 0 Å². The maximum Gasteiger partial charge on any atom is 0.309 e. The normalized spacial score (nSPS) is 12.8. The molecule has 4 rings (SSSR count). The zero-order valence-electron chi connectivity index (χ0n) is 18.6. The number of nitrogens with zero attached hydrogens (tertiary/aromatic N) is 3. The second-order valence-corrected chi connectivity index (χ2v) is 8.01. The highest BCUT2D eigenvalue weighted by molar-refractivity contribution is 6.04. The first kappa shape index (κ1) is 24.6. The van der Waals surface area contributed by atoms with Gasteiger partial charge in [0.15, 0.2) is 0 Å². The largest absolute Gasteiger partial charge is 0.481 e. The molecule has 0 aliphatic rings. The predicted molar refractivity (Wildman–Crippen MR) is 125 cm³/mol. The fourth-order valence-electron chi connectivity index (χ4n) is 3.72. The average Bonchev–Trinajstić information content (AvgIpc) is 2.85. The highest BCUT2D eigenvalue weighted by Crippen LogP contribution is 2.27. The summed E-state index contributed by atoms with van der Waals surface area (Å²) in [6, 6.07) is 14.9. The smallest absolute Gasteiger partial charge is 0.309 e. The van der Waals surface area contributed by atoms with E-state index in [2.05, 4.69) is 15.6 Å². The average molecular weight is 494 g/mol. The van der Waals surface area contributed by atoms with Crippen molar-refractivity contribution in [3.05, 3.63) is 99.8 Å². The van der Waals surface area contributed by atoms with Crippen LogP contribution >= 0.6 is 0 Å². The minimum absolute atomic E-state index is 0.0813. The van der Waals surface area contributed by atoms with Crippen LogP contribution in [0.5, 0.6) is 0 Å². The van der Waals surface area contributed by atoms with E-state index in [1.54, 1.807) is 24.3 Å². The predicted octanol–water partition coefficient (Wildman–Crippen LogP) is 3.15. The summed E-state index contributed by atoms with van der Waals surface area (Å²) in [6.45, 7) is -0.0813. The lowest BCUT2D eigenvalue weighted by atomic mass is 9.92. The molecule has 2 atom stereocenters. The van der Waals surface area contributed by atoms with E-state index in [0.717, 1.165) is 16.8 Å². The van der Waals surface area contributed by atoms with Crippen molar-refractivity contribution < 1.29 is 28.6 Å². The molecule has 0 unspecified atom stereocenters. The first-order valence-corrected chi connectivity index (χ1v) is 10.8. The van der Waals surface area contributed by atoms with Crippen molar-refractivity contribution in [1.82, 2.24) is 15.0 Å². The summed E-state index contributed by atoms with van der Waals surface area (Å²) in [5.41, 5.74) is 0.160. The van der Waals surface area contributed by atoms with Crippen LogP contribution in [0.1, 0.15) is 28.4 Å². The van der Waals surface area contributed by atoms with Gasteiger partial charge in [-0.15, -0.1) is 5.10 Å². The van der Waals surface area contributed by atoms with E-state index in [1.807, 2.05) is 0 Å². The second kappa shape index (κ2) is 10.4. The lowest BCUT2D eigenvalue weighted by Gasteiger charge is -2.20. The van der Waals surface area contributed by atoms with Crippen LogP contribution in [-0.4, -0.2) is 37.1 Å². The van der Waals surface area contributed by atoms with Gasteiger partial charge in [-0.05, 0) is 48.4 Å². The Balaban J connectivity index is 1.45. The highest BCUT2D eigenvalue weighted by Gasteiger charge is 2.28. The number of anilines is 1. The number of aliphatic hydroxyl groups excluding tert-OH is 1. The van der Waals surface area contributed by atoms with Gasteiger partial charge in [0.2, 0.25) is 0 Å². The Morgan fingerprint density at radius 2 is 1.75 bits per heavy atom. The number of nitrogens with one attached hydrogen (secondary N) is 1. The maximum atomic E-state index is 13.8. The van der Waals surface area contributed by atoms with Gasteiger partial charge in [0.1, 0.15) is 17.2 Å². The van der Waals surface area contributed by atoms with Crippen LogP contribution in [0.2, 0.25) is 0 Å². The molecule has 0 radical (unpaired) electrons. The van der Waals surface area contributed by atoms with E-state index >= 15 is 0 Å². The number of fused-ring (bicyclic) bond motifs is 1. The van der Waals surface area contributed by atoms with Crippen LogP contribution in [0.4, 0.5) is 14.5 Å². The molecule has 0 saturated carbocycles. The van der Waals surface area contributed by atoms with E-state index in [0.29, 0.717) is 17.0 Å². The molecule has 0 aliphatic carbocycles. The number of halogens is 2. The zero-order valence-corrected chi connectivity index (χ0v) is 18.6. The van der Waals surface area contributed by atoms with Crippen LogP contribution in [0.3, 0.4) is 0 Å². The maximum absolute atomic E-state index is 13.8. The number of carboxylic acid groups (broad SMARTS) is 1. The standard InChI is InChI=1S/C25H20F2N4O5/c26-15-7-10-17(20(27)13-15)23(33)28-16-8-5-14(6-9-16)22(32)19(25(35)36)11-12-31-24(34)18-3-1-2-4-21(18)29-30-31/h1-10,13,19,22,32H,11-12H2,(H,28,33)(H,35,36)/t19-,22+/m0/s1. The topological polar surface area (TPSA) is 134 Å². The molecule has 0 fully saturated rings. The first-order valence-electron chi connectivity index (χ1n) is 10.8. The quantitative estimate of drug-likeness (QED) is 0.343. The Bertz CT molecular complexity index is 1490. The number of aryl methyl sites for hydroxylation is 1. The lowest BCUT2D eigenvalue weighted by molar-refractivity contribution is -0.146. The minimum atomic E-state index is -1.43. The van der Waals surface area contributed by atoms with Gasteiger partial charge in [-0.2, -0.15) is 0 Å². The monoisotopic (exact) mass is 494 g/mol.